The SMILES string of the molecule is CNCCCCS(=O)(=O)CCC(F)(C(F)(F)F)C(F)(F)F. The average Bonchev–Trinajstić information content (AvgIpc) is 2.29. The minimum absolute atomic E-state index is 0.0699. The van der Waals surface area contributed by atoms with Crippen LogP contribution in [0.5, 0.6) is 0 Å². The van der Waals surface area contributed by atoms with Crippen molar-refractivity contribution in [3.05, 3.63) is 0 Å². The lowest BCUT2D eigenvalue weighted by Gasteiger charge is -2.29. The maximum atomic E-state index is 13.3. The molecule has 21 heavy (non-hydrogen) atoms. The van der Waals surface area contributed by atoms with Crippen LogP contribution >= 0.6 is 0 Å². The van der Waals surface area contributed by atoms with Crippen LogP contribution in [0.1, 0.15) is 19.3 Å². The fourth-order valence-corrected chi connectivity index (χ4v) is 2.91. The standard InChI is InChI=1S/C10H16F7NO2S/c1-18-5-2-3-6-21(19,20)7-4-8(11,9(12,13)14)10(15,16)17/h18H,2-7H2,1H3. The van der Waals surface area contributed by atoms with Crippen LogP contribution in [-0.4, -0.2) is 51.5 Å². The average molecular weight is 347 g/mol. The fraction of sp³-hybridized carbons (Fsp3) is 1.00. The Labute approximate surface area is 117 Å². The number of alkyl halides is 7. The van der Waals surface area contributed by atoms with Crippen LogP contribution in [0.25, 0.3) is 0 Å². The lowest BCUT2D eigenvalue weighted by atomic mass is 10.0. The number of rotatable bonds is 8. The van der Waals surface area contributed by atoms with Crippen LogP contribution in [0, 0.1) is 0 Å². The van der Waals surface area contributed by atoms with E-state index < -0.39 is 45.8 Å². The smallest absolute Gasteiger partial charge is 0.320 e. The predicted octanol–water partition coefficient (Wildman–Crippen LogP) is 2.62. The molecule has 1 N–H and O–H groups in total. The monoisotopic (exact) mass is 347 g/mol. The highest BCUT2D eigenvalue weighted by molar-refractivity contribution is 7.91. The molecule has 0 amide bonds. The lowest BCUT2D eigenvalue weighted by Crippen LogP contribution is -2.54. The van der Waals surface area contributed by atoms with Crippen LogP contribution in [0.3, 0.4) is 0 Å². The minimum atomic E-state index is -6.22. The van der Waals surface area contributed by atoms with Gasteiger partial charge in [0.1, 0.15) is 9.84 Å². The van der Waals surface area contributed by atoms with E-state index in [0.717, 1.165) is 0 Å². The molecule has 0 aromatic carbocycles. The summed E-state index contributed by atoms with van der Waals surface area (Å²) in [5.41, 5.74) is -5.52. The summed E-state index contributed by atoms with van der Waals surface area (Å²) in [6.07, 6.45) is -14.2. The van der Waals surface area contributed by atoms with E-state index in [2.05, 4.69) is 5.32 Å². The van der Waals surface area contributed by atoms with Gasteiger partial charge in [-0.05, 0) is 26.4 Å². The Kier molecular flexibility index (Phi) is 6.92. The van der Waals surface area contributed by atoms with Gasteiger partial charge in [-0.15, -0.1) is 0 Å². The molecule has 0 aliphatic heterocycles. The second-order valence-electron chi connectivity index (χ2n) is 4.51. The molecule has 0 aromatic rings. The number of halogens is 7. The zero-order chi connectivity index (χ0) is 16.9. The van der Waals surface area contributed by atoms with Crippen molar-refractivity contribution in [1.29, 1.82) is 0 Å². The first-order valence-electron chi connectivity index (χ1n) is 5.94. The quantitative estimate of drug-likeness (QED) is 0.542. The van der Waals surface area contributed by atoms with E-state index in [-0.39, 0.29) is 6.42 Å². The van der Waals surface area contributed by atoms with E-state index in [1.54, 1.807) is 7.05 Å². The van der Waals surface area contributed by atoms with Gasteiger partial charge in [-0.2, -0.15) is 26.3 Å². The van der Waals surface area contributed by atoms with Gasteiger partial charge in [0.05, 0.1) is 11.5 Å². The summed E-state index contributed by atoms with van der Waals surface area (Å²) < 4.78 is 109. The van der Waals surface area contributed by atoms with Gasteiger partial charge in [0, 0.05) is 6.42 Å². The Morgan fingerprint density at radius 2 is 1.33 bits per heavy atom. The molecule has 11 heteroatoms. The first-order valence-corrected chi connectivity index (χ1v) is 7.76. The fourth-order valence-electron chi connectivity index (χ4n) is 1.47. The predicted molar refractivity (Wildman–Crippen MR) is 62.4 cm³/mol. The van der Waals surface area contributed by atoms with Gasteiger partial charge in [-0.3, -0.25) is 0 Å². The third-order valence-electron chi connectivity index (χ3n) is 2.79. The van der Waals surface area contributed by atoms with E-state index in [1.165, 1.54) is 0 Å². The summed E-state index contributed by atoms with van der Waals surface area (Å²) in [5.74, 6) is -2.09. The van der Waals surface area contributed by atoms with Gasteiger partial charge in [0.25, 0.3) is 5.67 Å². The normalized spacial score (nSPS) is 14.5. The third kappa shape index (κ3) is 5.97. The zero-order valence-corrected chi connectivity index (χ0v) is 11.9. The van der Waals surface area contributed by atoms with E-state index in [1.807, 2.05) is 0 Å². The molecule has 0 spiro atoms. The summed E-state index contributed by atoms with van der Waals surface area (Å²) in [6.45, 7) is 0.452. The van der Waals surface area contributed by atoms with Gasteiger partial charge in [-0.1, -0.05) is 0 Å². The van der Waals surface area contributed by atoms with Crippen LogP contribution < -0.4 is 5.32 Å². The molecular formula is C10H16F7NO2S. The van der Waals surface area contributed by atoms with E-state index in [9.17, 15) is 39.2 Å². The largest absolute Gasteiger partial charge is 0.431 e. The molecule has 0 saturated heterocycles. The number of sulfone groups is 1. The third-order valence-corrected chi connectivity index (χ3v) is 4.53. The molecule has 0 unspecified atom stereocenters. The van der Waals surface area contributed by atoms with Gasteiger partial charge >= 0.3 is 12.4 Å². The molecule has 0 heterocycles. The van der Waals surface area contributed by atoms with Crippen molar-refractivity contribution in [2.45, 2.75) is 37.3 Å². The highest BCUT2D eigenvalue weighted by Gasteiger charge is 2.72. The van der Waals surface area contributed by atoms with E-state index in [4.69, 9.17) is 0 Å². The molecule has 0 fully saturated rings. The molecule has 0 aromatic heterocycles. The maximum Gasteiger partial charge on any atom is 0.431 e. The van der Waals surface area contributed by atoms with Crippen molar-refractivity contribution in [3.8, 4) is 0 Å². The number of hydrogen-bond acceptors (Lipinski definition) is 3. The molecule has 0 saturated carbocycles. The summed E-state index contributed by atoms with van der Waals surface area (Å²) in [6, 6.07) is 0. The second-order valence-corrected chi connectivity index (χ2v) is 6.81. The van der Waals surface area contributed by atoms with Gasteiger partial charge in [0.2, 0.25) is 0 Å². The number of nitrogens with one attached hydrogen (secondary N) is 1. The van der Waals surface area contributed by atoms with E-state index in [0.29, 0.717) is 13.0 Å². The van der Waals surface area contributed by atoms with Crippen molar-refractivity contribution >= 4 is 9.84 Å². The van der Waals surface area contributed by atoms with Crippen molar-refractivity contribution in [1.82, 2.24) is 5.32 Å². The van der Waals surface area contributed by atoms with Crippen LogP contribution in [0.2, 0.25) is 0 Å². The minimum Gasteiger partial charge on any atom is -0.320 e. The van der Waals surface area contributed by atoms with Crippen molar-refractivity contribution in [2.24, 2.45) is 0 Å². The van der Waals surface area contributed by atoms with E-state index >= 15 is 0 Å². The first-order chi connectivity index (χ1) is 9.27. The van der Waals surface area contributed by atoms with Crippen molar-refractivity contribution < 1.29 is 39.2 Å². The summed E-state index contributed by atoms with van der Waals surface area (Å²) in [7, 11) is -2.59. The summed E-state index contributed by atoms with van der Waals surface area (Å²) >= 11 is 0. The Bertz CT molecular complexity index is 402. The molecule has 0 aliphatic rings. The van der Waals surface area contributed by atoms with Gasteiger partial charge in [0.15, 0.2) is 0 Å². The lowest BCUT2D eigenvalue weighted by molar-refractivity contribution is -0.341. The van der Waals surface area contributed by atoms with Crippen LogP contribution in [0.15, 0.2) is 0 Å². The number of unbranched alkanes of at least 4 members (excludes halogenated alkanes) is 1. The molecular weight excluding hydrogens is 331 g/mol. The zero-order valence-electron chi connectivity index (χ0n) is 11.1. The number of hydrogen-bond donors (Lipinski definition) is 1. The molecule has 0 aliphatic carbocycles. The molecule has 3 nitrogen and oxygen atoms in total. The topological polar surface area (TPSA) is 46.2 Å². The molecule has 0 radical (unpaired) electrons. The molecule has 0 bridgehead atoms. The Morgan fingerprint density at radius 1 is 0.857 bits per heavy atom. The first kappa shape index (κ1) is 20.4. The Balaban J connectivity index is 4.78. The van der Waals surface area contributed by atoms with Crippen molar-refractivity contribution in [3.63, 3.8) is 0 Å². The van der Waals surface area contributed by atoms with Crippen LogP contribution in [0.4, 0.5) is 30.7 Å². The molecule has 0 rings (SSSR count). The Hall–Kier alpha value is -0.580. The molecule has 128 valence electrons. The highest BCUT2D eigenvalue weighted by atomic mass is 32.2. The van der Waals surface area contributed by atoms with Gasteiger partial charge in [-0.25, -0.2) is 12.8 Å². The highest BCUT2D eigenvalue weighted by Crippen LogP contribution is 2.48. The van der Waals surface area contributed by atoms with Gasteiger partial charge < -0.3 is 5.32 Å². The molecule has 0 atom stereocenters. The van der Waals surface area contributed by atoms with Crippen LogP contribution in [-0.2, 0) is 9.84 Å². The Morgan fingerprint density at radius 3 is 1.71 bits per heavy atom. The maximum absolute atomic E-state index is 13.3. The summed E-state index contributed by atoms with van der Waals surface area (Å²) in [5, 5.41) is 2.70. The van der Waals surface area contributed by atoms with Crippen molar-refractivity contribution in [2.75, 3.05) is 25.1 Å². The second kappa shape index (κ2) is 7.12. The summed E-state index contributed by atoms with van der Waals surface area (Å²) in [4.78, 5) is 0.